The molecule has 0 radical (unpaired) electrons. The van der Waals surface area contributed by atoms with Crippen molar-refractivity contribution in [2.75, 3.05) is 43.4 Å². The minimum atomic E-state index is -0.471. The second kappa shape index (κ2) is 11.2. The minimum absolute atomic E-state index is 0.0446. The molecule has 2 heterocycles. The fourth-order valence-corrected chi connectivity index (χ4v) is 3.47. The number of carbonyl (C=O) groups excluding carboxylic acids is 3. The fourth-order valence-electron chi connectivity index (χ4n) is 3.47. The van der Waals surface area contributed by atoms with Crippen molar-refractivity contribution in [1.29, 1.82) is 0 Å². The van der Waals surface area contributed by atoms with Crippen molar-refractivity contribution in [1.82, 2.24) is 0 Å². The predicted molar refractivity (Wildman–Crippen MR) is 130 cm³/mol. The van der Waals surface area contributed by atoms with Crippen molar-refractivity contribution in [3.63, 3.8) is 0 Å². The molecule has 1 aliphatic heterocycles. The number of methoxy groups -OCH3 is 2. The Kier molecular flexibility index (Phi) is 7.59. The molecule has 188 valence electrons. The lowest BCUT2D eigenvalue weighted by Crippen LogP contribution is -2.18. The van der Waals surface area contributed by atoms with Crippen molar-refractivity contribution in [2.45, 2.75) is 12.8 Å². The molecule has 11 heteroatoms. The summed E-state index contributed by atoms with van der Waals surface area (Å²) in [6.45, 7) is 0.920. The summed E-state index contributed by atoms with van der Waals surface area (Å²) >= 11 is 0. The third kappa shape index (κ3) is 5.87. The molecule has 2 aromatic carbocycles. The number of nitrogens with one attached hydrogen (secondary N) is 3. The Morgan fingerprint density at radius 2 is 1.44 bits per heavy atom. The number of hydrogen-bond donors (Lipinski definition) is 3. The van der Waals surface area contributed by atoms with Gasteiger partial charge >= 0.3 is 0 Å². The van der Waals surface area contributed by atoms with Crippen LogP contribution in [0.4, 0.5) is 17.1 Å². The first-order valence-electron chi connectivity index (χ1n) is 11.1. The maximum Gasteiger partial charge on any atom is 0.291 e. The summed E-state index contributed by atoms with van der Waals surface area (Å²) in [5.74, 6) is 0.685. The Bertz CT molecular complexity index is 1260. The largest absolute Gasteiger partial charge is 0.494 e. The van der Waals surface area contributed by atoms with Gasteiger partial charge in [0.1, 0.15) is 24.7 Å². The molecule has 3 aromatic rings. The maximum absolute atomic E-state index is 12.5. The van der Waals surface area contributed by atoms with Crippen molar-refractivity contribution < 1.29 is 37.7 Å². The average Bonchev–Trinajstić information content (AvgIpc) is 3.43. The van der Waals surface area contributed by atoms with Crippen LogP contribution in [0.15, 0.2) is 53.1 Å². The molecule has 0 saturated heterocycles. The normalized spacial score (nSPS) is 11.8. The summed E-state index contributed by atoms with van der Waals surface area (Å²) in [5.41, 5.74) is 1.19. The molecule has 36 heavy (non-hydrogen) atoms. The van der Waals surface area contributed by atoms with Crippen LogP contribution >= 0.6 is 0 Å². The number of ether oxygens (including phenoxy) is 4. The molecule has 0 aliphatic carbocycles. The molecule has 4 rings (SSSR count). The van der Waals surface area contributed by atoms with Crippen LogP contribution in [0.1, 0.15) is 23.4 Å². The average molecular weight is 495 g/mol. The molecular weight excluding hydrogens is 470 g/mol. The highest BCUT2D eigenvalue weighted by molar-refractivity contribution is 6.04. The van der Waals surface area contributed by atoms with Crippen LogP contribution in [-0.4, -0.2) is 45.2 Å². The number of anilines is 3. The van der Waals surface area contributed by atoms with Gasteiger partial charge in [0.25, 0.3) is 5.91 Å². The lowest BCUT2D eigenvalue weighted by atomic mass is 10.2. The van der Waals surface area contributed by atoms with Crippen LogP contribution in [-0.2, 0) is 9.59 Å². The van der Waals surface area contributed by atoms with E-state index in [-0.39, 0.29) is 24.5 Å². The number of furan rings is 1. The molecule has 0 unspecified atom stereocenters. The van der Waals surface area contributed by atoms with Gasteiger partial charge < -0.3 is 39.3 Å². The number of benzene rings is 2. The second-order valence-electron chi connectivity index (χ2n) is 7.64. The van der Waals surface area contributed by atoms with Gasteiger partial charge in [-0.1, -0.05) is 0 Å². The van der Waals surface area contributed by atoms with Gasteiger partial charge in [-0.05, 0) is 24.3 Å². The second-order valence-corrected chi connectivity index (χ2v) is 7.64. The Balaban J connectivity index is 1.35. The number of amides is 3. The zero-order valence-electron chi connectivity index (χ0n) is 19.7. The van der Waals surface area contributed by atoms with Gasteiger partial charge in [-0.25, -0.2) is 0 Å². The van der Waals surface area contributed by atoms with E-state index in [9.17, 15) is 14.4 Å². The maximum atomic E-state index is 12.5. The Hall–Kier alpha value is -4.67. The van der Waals surface area contributed by atoms with Crippen LogP contribution in [0.3, 0.4) is 0 Å². The third-order valence-corrected chi connectivity index (χ3v) is 5.19. The molecule has 1 aromatic heterocycles. The van der Waals surface area contributed by atoms with Crippen molar-refractivity contribution in [3.8, 4) is 23.0 Å². The van der Waals surface area contributed by atoms with Crippen molar-refractivity contribution in [2.24, 2.45) is 0 Å². The molecule has 0 saturated carbocycles. The topological polar surface area (TPSA) is 137 Å². The van der Waals surface area contributed by atoms with E-state index in [0.29, 0.717) is 53.3 Å². The van der Waals surface area contributed by atoms with Crippen LogP contribution in [0, 0.1) is 0 Å². The lowest BCUT2D eigenvalue weighted by Gasteiger charge is -2.19. The van der Waals surface area contributed by atoms with Crippen LogP contribution in [0.2, 0.25) is 0 Å². The monoisotopic (exact) mass is 495 g/mol. The number of rotatable bonds is 9. The highest BCUT2D eigenvalue weighted by atomic mass is 16.6. The summed E-state index contributed by atoms with van der Waals surface area (Å²) in [4.78, 5) is 37.2. The lowest BCUT2D eigenvalue weighted by molar-refractivity contribution is -0.121. The first-order chi connectivity index (χ1) is 17.5. The molecule has 0 bridgehead atoms. The number of fused-ring (bicyclic) bond motifs is 1. The van der Waals surface area contributed by atoms with Gasteiger partial charge in [-0.2, -0.15) is 0 Å². The van der Waals surface area contributed by atoms with Crippen LogP contribution in [0.25, 0.3) is 0 Å². The molecule has 3 amide bonds. The Labute approximate surface area is 206 Å². The van der Waals surface area contributed by atoms with E-state index in [4.69, 9.17) is 23.4 Å². The third-order valence-electron chi connectivity index (χ3n) is 5.19. The smallest absolute Gasteiger partial charge is 0.291 e. The summed E-state index contributed by atoms with van der Waals surface area (Å²) < 4.78 is 26.8. The van der Waals surface area contributed by atoms with Gasteiger partial charge in [0.15, 0.2) is 17.3 Å². The van der Waals surface area contributed by atoms with Gasteiger partial charge in [-0.15, -0.1) is 0 Å². The number of carbonyl (C=O) groups is 3. The van der Waals surface area contributed by atoms with E-state index in [1.54, 1.807) is 24.3 Å². The van der Waals surface area contributed by atoms with E-state index >= 15 is 0 Å². The van der Waals surface area contributed by atoms with E-state index in [1.807, 2.05) is 0 Å². The van der Waals surface area contributed by atoms with E-state index in [1.165, 1.54) is 38.7 Å². The predicted octanol–water partition coefficient (Wildman–Crippen LogP) is 3.68. The van der Waals surface area contributed by atoms with Crippen LogP contribution in [0.5, 0.6) is 23.0 Å². The molecule has 3 N–H and O–H groups in total. The van der Waals surface area contributed by atoms with E-state index in [0.717, 1.165) is 0 Å². The van der Waals surface area contributed by atoms with Crippen LogP contribution < -0.4 is 34.9 Å². The number of hydrogen-bond acceptors (Lipinski definition) is 8. The SMILES string of the molecule is COc1cc(NC(=O)c2ccco2)c(OC)cc1NC(=O)CCC(=O)Nc1ccc2c(c1)OCCO2. The summed E-state index contributed by atoms with van der Waals surface area (Å²) in [5, 5.41) is 8.14. The fraction of sp³-hybridized carbons (Fsp3) is 0.240. The highest BCUT2D eigenvalue weighted by Crippen LogP contribution is 2.37. The van der Waals surface area contributed by atoms with Crippen molar-refractivity contribution in [3.05, 3.63) is 54.5 Å². The first-order valence-corrected chi connectivity index (χ1v) is 11.1. The van der Waals surface area contributed by atoms with Gasteiger partial charge in [0.05, 0.1) is 31.9 Å². The zero-order valence-corrected chi connectivity index (χ0v) is 19.7. The standard InChI is InChI=1S/C25H25N3O8/c1-32-20-14-17(28-25(31)19-4-3-9-34-19)21(33-2)13-16(20)27-24(30)8-7-23(29)26-15-5-6-18-22(12-15)36-11-10-35-18/h3-6,9,12-14H,7-8,10-11H2,1-2H3,(H,26,29)(H,27,30)(H,28,31). The van der Waals surface area contributed by atoms with E-state index in [2.05, 4.69) is 16.0 Å². The molecule has 0 spiro atoms. The molecule has 1 aliphatic rings. The molecule has 0 fully saturated rings. The summed E-state index contributed by atoms with van der Waals surface area (Å²) in [6.07, 6.45) is 1.28. The van der Waals surface area contributed by atoms with Gasteiger partial charge in [-0.3, -0.25) is 14.4 Å². The van der Waals surface area contributed by atoms with E-state index < -0.39 is 11.8 Å². The quantitative estimate of drug-likeness (QED) is 0.409. The first kappa shape index (κ1) is 24.5. The van der Waals surface area contributed by atoms with Gasteiger partial charge in [0.2, 0.25) is 11.8 Å². The minimum Gasteiger partial charge on any atom is -0.494 e. The van der Waals surface area contributed by atoms with Gasteiger partial charge in [0, 0.05) is 36.7 Å². The zero-order chi connectivity index (χ0) is 25.5. The Morgan fingerprint density at radius 3 is 2.08 bits per heavy atom. The molecule has 0 atom stereocenters. The molecular formula is C25H25N3O8. The summed E-state index contributed by atoms with van der Waals surface area (Å²) in [7, 11) is 2.86. The molecule has 11 nitrogen and oxygen atoms in total. The Morgan fingerprint density at radius 1 is 0.806 bits per heavy atom. The van der Waals surface area contributed by atoms with Crippen molar-refractivity contribution >= 4 is 34.8 Å². The highest BCUT2D eigenvalue weighted by Gasteiger charge is 2.18. The summed E-state index contributed by atoms with van der Waals surface area (Å²) in [6, 6.07) is 11.3.